The molecule has 17 heavy (non-hydrogen) atoms. The number of aromatic nitrogens is 2. The summed E-state index contributed by atoms with van der Waals surface area (Å²) in [5.74, 6) is 0. The average Bonchev–Trinajstić information content (AvgIpc) is 2.90. The Morgan fingerprint density at radius 1 is 1.29 bits per heavy atom. The minimum atomic E-state index is 0.620. The maximum Gasteiger partial charge on any atom is 0.195 e. The SMILES string of the molecule is O=Cc1c(Sc2ccccc2)nc2sccn12. The van der Waals surface area contributed by atoms with E-state index in [-0.39, 0.29) is 0 Å². The second-order valence-electron chi connectivity index (χ2n) is 3.39. The van der Waals surface area contributed by atoms with Gasteiger partial charge < -0.3 is 0 Å². The van der Waals surface area contributed by atoms with Crippen LogP contribution >= 0.6 is 23.1 Å². The van der Waals surface area contributed by atoms with Gasteiger partial charge in [-0.3, -0.25) is 9.20 Å². The highest BCUT2D eigenvalue weighted by Gasteiger charge is 2.13. The predicted octanol–water partition coefficient (Wildman–Crippen LogP) is 3.36. The lowest BCUT2D eigenvalue weighted by Crippen LogP contribution is -1.88. The van der Waals surface area contributed by atoms with E-state index in [0.717, 1.165) is 21.2 Å². The lowest BCUT2D eigenvalue weighted by Gasteiger charge is -1.97. The normalized spacial score (nSPS) is 10.8. The van der Waals surface area contributed by atoms with Crippen LogP contribution in [0, 0.1) is 0 Å². The van der Waals surface area contributed by atoms with Gasteiger partial charge in [-0.1, -0.05) is 30.0 Å². The molecule has 3 aromatic rings. The minimum absolute atomic E-state index is 0.620. The van der Waals surface area contributed by atoms with Crippen molar-refractivity contribution in [3.63, 3.8) is 0 Å². The third kappa shape index (κ3) is 1.87. The van der Waals surface area contributed by atoms with Crippen molar-refractivity contribution in [2.45, 2.75) is 9.92 Å². The average molecular weight is 260 g/mol. The number of imidazole rings is 1. The van der Waals surface area contributed by atoms with Gasteiger partial charge in [-0.25, -0.2) is 4.98 Å². The van der Waals surface area contributed by atoms with E-state index in [1.54, 1.807) is 0 Å². The van der Waals surface area contributed by atoms with E-state index in [2.05, 4.69) is 4.98 Å². The summed E-state index contributed by atoms with van der Waals surface area (Å²) in [4.78, 5) is 17.5. The Labute approximate surface area is 106 Å². The first-order valence-electron chi connectivity index (χ1n) is 5.02. The number of rotatable bonds is 3. The van der Waals surface area contributed by atoms with Gasteiger partial charge in [0.05, 0.1) is 0 Å². The summed E-state index contributed by atoms with van der Waals surface area (Å²) in [6, 6.07) is 9.93. The molecule has 84 valence electrons. The molecule has 2 heterocycles. The zero-order chi connectivity index (χ0) is 11.7. The first-order chi connectivity index (χ1) is 8.38. The van der Waals surface area contributed by atoms with Crippen LogP contribution in [0.15, 0.2) is 51.8 Å². The van der Waals surface area contributed by atoms with Crippen LogP contribution in [-0.2, 0) is 0 Å². The molecule has 0 radical (unpaired) electrons. The van der Waals surface area contributed by atoms with Crippen LogP contribution in [0.25, 0.3) is 4.96 Å². The van der Waals surface area contributed by atoms with E-state index >= 15 is 0 Å². The Morgan fingerprint density at radius 2 is 2.12 bits per heavy atom. The lowest BCUT2D eigenvalue weighted by atomic mass is 10.4. The van der Waals surface area contributed by atoms with Crippen molar-refractivity contribution >= 4 is 34.3 Å². The summed E-state index contributed by atoms with van der Waals surface area (Å²) in [7, 11) is 0. The van der Waals surface area contributed by atoms with Crippen molar-refractivity contribution in [1.82, 2.24) is 9.38 Å². The van der Waals surface area contributed by atoms with Gasteiger partial charge in [0, 0.05) is 16.5 Å². The molecule has 0 spiro atoms. The number of hydrogen-bond acceptors (Lipinski definition) is 4. The number of aldehydes is 1. The zero-order valence-electron chi connectivity index (χ0n) is 8.74. The Kier molecular flexibility index (Phi) is 2.70. The van der Waals surface area contributed by atoms with Gasteiger partial charge in [0.15, 0.2) is 11.2 Å². The molecule has 0 aliphatic heterocycles. The molecule has 5 heteroatoms. The van der Waals surface area contributed by atoms with Crippen LogP contribution in [0.3, 0.4) is 0 Å². The first kappa shape index (κ1) is 10.6. The quantitative estimate of drug-likeness (QED) is 0.677. The fourth-order valence-corrected chi connectivity index (χ4v) is 3.24. The molecule has 3 nitrogen and oxygen atoms in total. The van der Waals surface area contributed by atoms with Crippen LogP contribution in [0.5, 0.6) is 0 Å². The van der Waals surface area contributed by atoms with Crippen molar-refractivity contribution in [3.05, 3.63) is 47.6 Å². The zero-order valence-corrected chi connectivity index (χ0v) is 10.4. The molecule has 2 aromatic heterocycles. The Hall–Kier alpha value is -1.59. The summed E-state index contributed by atoms with van der Waals surface area (Å²) in [6.07, 6.45) is 2.73. The third-order valence-electron chi connectivity index (χ3n) is 2.33. The molecule has 0 bridgehead atoms. The molecular weight excluding hydrogens is 252 g/mol. The van der Waals surface area contributed by atoms with E-state index in [1.165, 1.54) is 23.1 Å². The van der Waals surface area contributed by atoms with Gasteiger partial charge in [-0.2, -0.15) is 0 Å². The van der Waals surface area contributed by atoms with Gasteiger partial charge >= 0.3 is 0 Å². The number of thiazole rings is 1. The fraction of sp³-hybridized carbons (Fsp3) is 0. The summed E-state index contributed by atoms with van der Waals surface area (Å²) < 4.78 is 1.82. The topological polar surface area (TPSA) is 34.4 Å². The van der Waals surface area contributed by atoms with Gasteiger partial charge in [0.2, 0.25) is 0 Å². The molecule has 0 aliphatic rings. The van der Waals surface area contributed by atoms with Gasteiger partial charge in [-0.05, 0) is 12.1 Å². The number of hydrogen-bond donors (Lipinski definition) is 0. The van der Waals surface area contributed by atoms with E-state index in [0.29, 0.717) is 5.69 Å². The van der Waals surface area contributed by atoms with Crippen LogP contribution in [0.4, 0.5) is 0 Å². The molecular formula is C12H8N2OS2. The second kappa shape index (κ2) is 4.35. The molecule has 0 saturated carbocycles. The number of carbonyl (C=O) groups is 1. The maximum absolute atomic E-state index is 11.1. The van der Waals surface area contributed by atoms with E-state index < -0.39 is 0 Å². The summed E-state index contributed by atoms with van der Waals surface area (Å²) in [5.41, 5.74) is 0.620. The Balaban J connectivity index is 2.05. The summed E-state index contributed by atoms with van der Waals surface area (Å²) in [6.45, 7) is 0. The second-order valence-corrected chi connectivity index (χ2v) is 5.33. The number of nitrogens with zero attached hydrogens (tertiary/aromatic N) is 2. The van der Waals surface area contributed by atoms with Crippen LogP contribution in [-0.4, -0.2) is 15.7 Å². The Bertz CT molecular complexity index is 658. The van der Waals surface area contributed by atoms with Crippen molar-refractivity contribution in [2.24, 2.45) is 0 Å². The molecule has 0 aliphatic carbocycles. The number of fused-ring (bicyclic) bond motifs is 1. The van der Waals surface area contributed by atoms with E-state index in [4.69, 9.17) is 0 Å². The summed E-state index contributed by atoms with van der Waals surface area (Å²) in [5, 5.41) is 2.68. The van der Waals surface area contributed by atoms with E-state index in [1.807, 2.05) is 46.3 Å². The lowest BCUT2D eigenvalue weighted by molar-refractivity contribution is 0.111. The molecule has 0 saturated heterocycles. The van der Waals surface area contributed by atoms with Crippen LogP contribution in [0.2, 0.25) is 0 Å². The highest BCUT2D eigenvalue weighted by atomic mass is 32.2. The predicted molar refractivity (Wildman–Crippen MR) is 69.0 cm³/mol. The molecule has 1 aromatic carbocycles. The molecule has 0 amide bonds. The van der Waals surface area contributed by atoms with Gasteiger partial charge in [0.1, 0.15) is 10.7 Å². The van der Waals surface area contributed by atoms with Crippen LogP contribution < -0.4 is 0 Å². The minimum Gasteiger partial charge on any atom is -0.296 e. The molecule has 3 rings (SSSR count). The van der Waals surface area contributed by atoms with Gasteiger partial charge in [0.25, 0.3) is 0 Å². The Morgan fingerprint density at radius 3 is 2.88 bits per heavy atom. The molecule has 0 atom stereocenters. The maximum atomic E-state index is 11.1. The van der Waals surface area contributed by atoms with Crippen LogP contribution in [0.1, 0.15) is 10.5 Å². The highest BCUT2D eigenvalue weighted by molar-refractivity contribution is 7.99. The third-order valence-corrected chi connectivity index (χ3v) is 4.09. The fourth-order valence-electron chi connectivity index (χ4n) is 1.57. The number of benzene rings is 1. The largest absolute Gasteiger partial charge is 0.296 e. The van der Waals surface area contributed by atoms with Crippen molar-refractivity contribution in [1.29, 1.82) is 0 Å². The van der Waals surface area contributed by atoms with E-state index in [9.17, 15) is 4.79 Å². The van der Waals surface area contributed by atoms with Crippen molar-refractivity contribution < 1.29 is 4.79 Å². The monoisotopic (exact) mass is 260 g/mol. The highest BCUT2D eigenvalue weighted by Crippen LogP contribution is 2.30. The number of carbonyl (C=O) groups excluding carboxylic acids is 1. The smallest absolute Gasteiger partial charge is 0.195 e. The van der Waals surface area contributed by atoms with Gasteiger partial charge in [-0.15, -0.1) is 11.3 Å². The first-order valence-corrected chi connectivity index (χ1v) is 6.72. The summed E-state index contributed by atoms with van der Waals surface area (Å²) >= 11 is 3.04. The molecule has 0 N–H and O–H groups in total. The standard InChI is InChI=1S/C12H8N2OS2/c15-8-10-11(13-12-14(10)6-7-16-12)17-9-4-2-1-3-5-9/h1-8H. The molecule has 0 fully saturated rings. The van der Waals surface area contributed by atoms with Crippen molar-refractivity contribution in [2.75, 3.05) is 0 Å². The van der Waals surface area contributed by atoms with Crippen molar-refractivity contribution in [3.8, 4) is 0 Å². The molecule has 0 unspecified atom stereocenters.